The van der Waals surface area contributed by atoms with Crippen molar-refractivity contribution in [3.63, 3.8) is 0 Å². The number of hydrogen-bond acceptors (Lipinski definition) is 5. The Morgan fingerprint density at radius 2 is 1.42 bits per heavy atom. The summed E-state index contributed by atoms with van der Waals surface area (Å²) < 4.78 is 4.94. The van der Waals surface area contributed by atoms with Crippen LogP contribution in [-0.2, 0) is 4.79 Å². The van der Waals surface area contributed by atoms with Gasteiger partial charge in [0.25, 0.3) is 0 Å². The summed E-state index contributed by atoms with van der Waals surface area (Å²) in [5.41, 5.74) is 0.387. The van der Waals surface area contributed by atoms with Gasteiger partial charge in [0, 0.05) is 12.5 Å². The van der Waals surface area contributed by atoms with Crippen LogP contribution >= 0.6 is 0 Å². The zero-order valence-electron chi connectivity index (χ0n) is 12.5. The van der Waals surface area contributed by atoms with E-state index in [9.17, 15) is 19.2 Å². The van der Waals surface area contributed by atoms with Crippen molar-refractivity contribution in [3.05, 3.63) is 53.1 Å². The first-order chi connectivity index (χ1) is 11.3. The van der Waals surface area contributed by atoms with Gasteiger partial charge in [-0.3, -0.25) is 9.59 Å². The highest BCUT2D eigenvalue weighted by Crippen LogP contribution is 2.28. The summed E-state index contributed by atoms with van der Waals surface area (Å²) in [7, 11) is 0. The highest BCUT2D eigenvalue weighted by Gasteiger charge is 2.14. The smallest absolute Gasteiger partial charge is 0.335 e. The molecule has 0 saturated carbocycles. The van der Waals surface area contributed by atoms with Gasteiger partial charge in [-0.15, -0.1) is 0 Å². The van der Waals surface area contributed by atoms with Gasteiger partial charge >= 0.3 is 17.9 Å². The first-order valence-electron chi connectivity index (χ1n) is 6.71. The SMILES string of the molecule is CC(=O)Oc1cc(C=O)cc(-c2cc(C(=O)O)cc(C(=O)O)c2)c1. The van der Waals surface area contributed by atoms with Crippen LogP contribution in [0.25, 0.3) is 11.1 Å². The van der Waals surface area contributed by atoms with Crippen molar-refractivity contribution in [2.75, 3.05) is 0 Å². The molecule has 0 aliphatic carbocycles. The molecule has 0 bridgehead atoms. The quantitative estimate of drug-likeness (QED) is 0.492. The molecule has 0 spiro atoms. The molecule has 2 rings (SSSR count). The van der Waals surface area contributed by atoms with Gasteiger partial charge in [-0.2, -0.15) is 0 Å². The number of carbonyl (C=O) groups excluding carboxylic acids is 2. The number of carbonyl (C=O) groups is 4. The van der Waals surface area contributed by atoms with Gasteiger partial charge in [0.2, 0.25) is 0 Å². The summed E-state index contributed by atoms with van der Waals surface area (Å²) >= 11 is 0. The molecule has 0 fully saturated rings. The largest absolute Gasteiger partial charge is 0.478 e. The monoisotopic (exact) mass is 328 g/mol. The standard InChI is InChI=1S/C17H12O7/c1-9(19)24-15-3-10(8-18)2-11(7-15)12-4-13(16(20)21)6-14(5-12)17(22)23/h2-8H,1H3,(H,20,21)(H,22,23). The second kappa shape index (κ2) is 6.74. The fourth-order valence-electron chi connectivity index (χ4n) is 2.12. The predicted octanol–water partition coefficient (Wildman–Crippen LogP) is 2.49. The third-order valence-corrected chi connectivity index (χ3v) is 3.09. The number of carboxylic acid groups (broad SMARTS) is 2. The fourth-order valence-corrected chi connectivity index (χ4v) is 2.12. The highest BCUT2D eigenvalue weighted by molar-refractivity contribution is 5.96. The zero-order chi connectivity index (χ0) is 17.9. The van der Waals surface area contributed by atoms with Crippen LogP contribution in [-0.4, -0.2) is 34.4 Å². The maximum absolute atomic E-state index is 11.2. The average Bonchev–Trinajstić information content (AvgIpc) is 2.53. The minimum Gasteiger partial charge on any atom is -0.478 e. The summed E-state index contributed by atoms with van der Waals surface area (Å²) in [5, 5.41) is 18.2. The van der Waals surface area contributed by atoms with E-state index in [0.29, 0.717) is 11.8 Å². The topological polar surface area (TPSA) is 118 Å². The molecule has 2 aromatic rings. The first-order valence-corrected chi connectivity index (χ1v) is 6.71. The van der Waals surface area contributed by atoms with Crippen molar-refractivity contribution in [1.29, 1.82) is 0 Å². The Balaban J connectivity index is 2.65. The number of benzene rings is 2. The van der Waals surface area contributed by atoms with Crippen molar-refractivity contribution in [3.8, 4) is 16.9 Å². The van der Waals surface area contributed by atoms with Gasteiger partial charge in [0.1, 0.15) is 12.0 Å². The molecule has 2 N–H and O–H groups in total. The summed E-state index contributed by atoms with van der Waals surface area (Å²) in [4.78, 5) is 44.5. The highest BCUT2D eigenvalue weighted by atomic mass is 16.5. The number of esters is 1. The lowest BCUT2D eigenvalue weighted by Gasteiger charge is -2.09. The molecule has 0 atom stereocenters. The molecule has 0 radical (unpaired) electrons. The van der Waals surface area contributed by atoms with Crippen LogP contribution in [0.1, 0.15) is 38.0 Å². The molecule has 0 heterocycles. The van der Waals surface area contributed by atoms with Crippen molar-refractivity contribution >= 4 is 24.2 Å². The maximum Gasteiger partial charge on any atom is 0.335 e. The third kappa shape index (κ3) is 3.83. The number of rotatable bonds is 5. The predicted molar refractivity (Wildman–Crippen MR) is 82.5 cm³/mol. The molecule has 2 aromatic carbocycles. The maximum atomic E-state index is 11.2. The Hall–Kier alpha value is -3.48. The van der Waals surface area contributed by atoms with Gasteiger partial charge < -0.3 is 14.9 Å². The van der Waals surface area contributed by atoms with E-state index in [1.54, 1.807) is 0 Å². The summed E-state index contributed by atoms with van der Waals surface area (Å²) in [6.07, 6.45) is 0.537. The minimum atomic E-state index is -1.29. The van der Waals surface area contributed by atoms with Crippen molar-refractivity contribution in [1.82, 2.24) is 0 Å². The zero-order valence-corrected chi connectivity index (χ0v) is 12.5. The lowest BCUT2D eigenvalue weighted by Crippen LogP contribution is -2.04. The number of hydrogen-bond donors (Lipinski definition) is 2. The van der Waals surface area contributed by atoms with Crippen LogP contribution in [0.3, 0.4) is 0 Å². The van der Waals surface area contributed by atoms with E-state index in [-0.39, 0.29) is 28.0 Å². The second-order valence-corrected chi connectivity index (χ2v) is 4.91. The van der Waals surface area contributed by atoms with E-state index in [0.717, 1.165) is 6.07 Å². The summed E-state index contributed by atoms with van der Waals surface area (Å²) in [6, 6.07) is 7.78. The molecule has 0 amide bonds. The Morgan fingerprint density at radius 3 is 1.88 bits per heavy atom. The molecular formula is C17H12O7. The van der Waals surface area contributed by atoms with Gasteiger partial charge in [-0.05, 0) is 47.5 Å². The van der Waals surface area contributed by atoms with E-state index in [1.165, 1.54) is 37.3 Å². The van der Waals surface area contributed by atoms with Crippen LogP contribution in [0.5, 0.6) is 5.75 Å². The van der Waals surface area contributed by atoms with Gasteiger partial charge in [0.05, 0.1) is 11.1 Å². The Bertz CT molecular complexity index is 820. The minimum absolute atomic E-state index is 0.0969. The van der Waals surface area contributed by atoms with E-state index < -0.39 is 17.9 Å². The Morgan fingerprint density at radius 1 is 0.875 bits per heavy atom. The van der Waals surface area contributed by atoms with Gasteiger partial charge in [0.15, 0.2) is 0 Å². The van der Waals surface area contributed by atoms with E-state index in [2.05, 4.69) is 0 Å². The second-order valence-electron chi connectivity index (χ2n) is 4.91. The van der Waals surface area contributed by atoms with Crippen LogP contribution in [0.2, 0.25) is 0 Å². The van der Waals surface area contributed by atoms with Crippen LogP contribution in [0, 0.1) is 0 Å². The van der Waals surface area contributed by atoms with Crippen molar-refractivity contribution in [2.24, 2.45) is 0 Å². The van der Waals surface area contributed by atoms with Crippen molar-refractivity contribution in [2.45, 2.75) is 6.92 Å². The number of carboxylic acids is 2. The molecule has 122 valence electrons. The van der Waals surface area contributed by atoms with Crippen LogP contribution in [0.4, 0.5) is 0 Å². The average molecular weight is 328 g/mol. The number of ether oxygens (including phenoxy) is 1. The van der Waals surface area contributed by atoms with Gasteiger partial charge in [-0.25, -0.2) is 9.59 Å². The fraction of sp³-hybridized carbons (Fsp3) is 0.0588. The summed E-state index contributed by atoms with van der Waals surface area (Å²) in [6.45, 7) is 1.20. The molecule has 24 heavy (non-hydrogen) atoms. The summed E-state index contributed by atoms with van der Waals surface area (Å²) in [5.74, 6) is -3.06. The lowest BCUT2D eigenvalue weighted by molar-refractivity contribution is -0.131. The molecule has 0 aliphatic rings. The molecule has 0 saturated heterocycles. The van der Waals surface area contributed by atoms with E-state index >= 15 is 0 Å². The Labute approximate surface area is 136 Å². The van der Waals surface area contributed by atoms with Gasteiger partial charge in [-0.1, -0.05) is 0 Å². The molecule has 0 aliphatic heterocycles. The number of aromatic carboxylic acids is 2. The molecule has 0 aromatic heterocycles. The normalized spacial score (nSPS) is 10.0. The molecule has 7 heteroatoms. The third-order valence-electron chi connectivity index (χ3n) is 3.09. The Kier molecular flexibility index (Phi) is 4.74. The molecular weight excluding hydrogens is 316 g/mol. The van der Waals surface area contributed by atoms with Crippen LogP contribution in [0.15, 0.2) is 36.4 Å². The van der Waals surface area contributed by atoms with E-state index in [4.69, 9.17) is 14.9 Å². The number of aldehydes is 1. The van der Waals surface area contributed by atoms with Crippen LogP contribution < -0.4 is 4.74 Å². The van der Waals surface area contributed by atoms with E-state index in [1.807, 2.05) is 0 Å². The van der Waals surface area contributed by atoms with Crippen molar-refractivity contribution < 1.29 is 34.1 Å². The molecule has 0 unspecified atom stereocenters. The molecule has 7 nitrogen and oxygen atoms in total. The first kappa shape index (κ1) is 16.9. The lowest BCUT2D eigenvalue weighted by atomic mass is 9.98.